The molecule has 1 aromatic carbocycles. The topological polar surface area (TPSA) is 58.1 Å². The van der Waals surface area contributed by atoms with Gasteiger partial charge < -0.3 is 10.2 Å². The SMILES string of the molecule is Cc1cc(-c2ccnc(Cl)n2)ccc1CNC(=O)N1CCC(C(C)(C)C)C1. The normalized spacial score (nSPS) is 17.2. The van der Waals surface area contributed by atoms with Gasteiger partial charge in [-0.25, -0.2) is 14.8 Å². The second-order valence-corrected chi connectivity index (χ2v) is 8.65. The van der Waals surface area contributed by atoms with Crippen LogP contribution in [0.2, 0.25) is 5.28 Å². The Morgan fingerprint density at radius 2 is 2.11 bits per heavy atom. The van der Waals surface area contributed by atoms with Crippen LogP contribution in [0.1, 0.15) is 38.3 Å². The molecule has 0 spiro atoms. The van der Waals surface area contributed by atoms with E-state index in [9.17, 15) is 4.79 Å². The number of nitrogens with one attached hydrogen (secondary N) is 1. The fraction of sp³-hybridized carbons (Fsp3) is 0.476. The summed E-state index contributed by atoms with van der Waals surface area (Å²) in [5.41, 5.74) is 4.22. The summed E-state index contributed by atoms with van der Waals surface area (Å²) in [6.07, 6.45) is 2.72. The maximum Gasteiger partial charge on any atom is 0.317 e. The second kappa shape index (κ2) is 7.85. The van der Waals surface area contributed by atoms with E-state index in [1.807, 2.05) is 30.0 Å². The van der Waals surface area contributed by atoms with Crippen LogP contribution < -0.4 is 5.32 Å². The minimum Gasteiger partial charge on any atom is -0.334 e. The molecular weight excluding hydrogens is 360 g/mol. The van der Waals surface area contributed by atoms with Gasteiger partial charge in [0.15, 0.2) is 0 Å². The van der Waals surface area contributed by atoms with Crippen molar-refractivity contribution in [3.63, 3.8) is 0 Å². The van der Waals surface area contributed by atoms with E-state index in [2.05, 4.69) is 42.1 Å². The van der Waals surface area contributed by atoms with Crippen LogP contribution in [0.5, 0.6) is 0 Å². The molecule has 1 aliphatic heterocycles. The zero-order chi connectivity index (χ0) is 19.6. The summed E-state index contributed by atoms with van der Waals surface area (Å²) >= 11 is 5.88. The van der Waals surface area contributed by atoms with Gasteiger partial charge in [0, 0.05) is 31.4 Å². The third kappa shape index (κ3) is 4.78. The molecule has 1 atom stereocenters. The lowest BCUT2D eigenvalue weighted by Gasteiger charge is -2.27. The maximum atomic E-state index is 12.5. The maximum absolute atomic E-state index is 12.5. The van der Waals surface area contributed by atoms with E-state index in [-0.39, 0.29) is 16.7 Å². The number of aromatic nitrogens is 2. The number of carbonyl (C=O) groups excluding carboxylic acids is 1. The summed E-state index contributed by atoms with van der Waals surface area (Å²) in [4.78, 5) is 22.6. The lowest BCUT2D eigenvalue weighted by Crippen LogP contribution is -2.39. The van der Waals surface area contributed by atoms with E-state index >= 15 is 0 Å². The molecule has 3 rings (SSSR count). The average Bonchev–Trinajstić information content (AvgIpc) is 3.11. The lowest BCUT2D eigenvalue weighted by atomic mass is 9.80. The first-order chi connectivity index (χ1) is 12.7. The van der Waals surface area contributed by atoms with Crippen LogP contribution in [0.25, 0.3) is 11.3 Å². The van der Waals surface area contributed by atoms with Gasteiger partial charge in [-0.05, 0) is 59.5 Å². The van der Waals surface area contributed by atoms with Gasteiger partial charge in [-0.2, -0.15) is 0 Å². The van der Waals surface area contributed by atoms with Gasteiger partial charge in [-0.3, -0.25) is 0 Å². The fourth-order valence-corrected chi connectivity index (χ4v) is 3.63. The zero-order valence-electron chi connectivity index (χ0n) is 16.4. The van der Waals surface area contributed by atoms with Gasteiger partial charge in [0.1, 0.15) is 0 Å². The monoisotopic (exact) mass is 386 g/mol. The van der Waals surface area contributed by atoms with Crippen LogP contribution >= 0.6 is 11.6 Å². The summed E-state index contributed by atoms with van der Waals surface area (Å²) in [7, 11) is 0. The molecule has 1 fully saturated rings. The molecule has 2 aromatic rings. The molecule has 0 radical (unpaired) electrons. The number of halogens is 1. The Balaban J connectivity index is 1.61. The number of hydrogen-bond acceptors (Lipinski definition) is 3. The molecule has 27 heavy (non-hydrogen) atoms. The average molecular weight is 387 g/mol. The molecule has 144 valence electrons. The summed E-state index contributed by atoms with van der Waals surface area (Å²) < 4.78 is 0. The molecule has 1 unspecified atom stereocenters. The van der Waals surface area contributed by atoms with E-state index in [1.54, 1.807) is 6.20 Å². The predicted octanol–water partition coefficient (Wildman–Crippen LogP) is 4.68. The van der Waals surface area contributed by atoms with Crippen molar-refractivity contribution in [2.24, 2.45) is 11.3 Å². The highest BCUT2D eigenvalue weighted by atomic mass is 35.5. The molecule has 0 saturated carbocycles. The van der Waals surface area contributed by atoms with Crippen molar-refractivity contribution >= 4 is 17.6 Å². The number of carbonyl (C=O) groups is 1. The van der Waals surface area contributed by atoms with Crippen molar-refractivity contribution in [1.82, 2.24) is 20.2 Å². The Bertz CT molecular complexity index is 831. The van der Waals surface area contributed by atoms with Gasteiger partial charge in [0.2, 0.25) is 5.28 Å². The number of benzene rings is 1. The Labute approximate surface area is 166 Å². The highest BCUT2D eigenvalue weighted by molar-refractivity contribution is 6.28. The van der Waals surface area contributed by atoms with Crippen LogP contribution in [-0.4, -0.2) is 34.0 Å². The molecule has 2 heterocycles. The number of amides is 2. The summed E-state index contributed by atoms with van der Waals surface area (Å²) in [6, 6.07) is 7.95. The Morgan fingerprint density at radius 3 is 2.74 bits per heavy atom. The molecule has 1 saturated heterocycles. The second-order valence-electron chi connectivity index (χ2n) is 8.31. The van der Waals surface area contributed by atoms with E-state index in [0.29, 0.717) is 12.5 Å². The molecule has 0 bridgehead atoms. The third-order valence-electron chi connectivity index (χ3n) is 5.39. The fourth-order valence-electron chi connectivity index (χ4n) is 3.48. The molecule has 1 N–H and O–H groups in total. The first kappa shape index (κ1) is 19.6. The minimum atomic E-state index is 0.0211. The predicted molar refractivity (Wildman–Crippen MR) is 109 cm³/mol. The largest absolute Gasteiger partial charge is 0.334 e. The van der Waals surface area contributed by atoms with Crippen molar-refractivity contribution < 1.29 is 4.79 Å². The van der Waals surface area contributed by atoms with Crippen LogP contribution in [0, 0.1) is 18.3 Å². The molecule has 2 amide bonds. The lowest BCUT2D eigenvalue weighted by molar-refractivity contribution is 0.196. The van der Waals surface area contributed by atoms with Crippen LogP contribution in [0.4, 0.5) is 4.79 Å². The van der Waals surface area contributed by atoms with E-state index in [1.165, 1.54) is 0 Å². The summed E-state index contributed by atoms with van der Waals surface area (Å²) in [6.45, 7) is 11.0. The van der Waals surface area contributed by atoms with Crippen LogP contribution in [-0.2, 0) is 6.54 Å². The summed E-state index contributed by atoms with van der Waals surface area (Å²) in [5.74, 6) is 0.559. The van der Waals surface area contributed by atoms with Crippen LogP contribution in [0.3, 0.4) is 0 Å². The molecule has 5 nitrogen and oxygen atoms in total. The highest BCUT2D eigenvalue weighted by Crippen LogP contribution is 2.33. The van der Waals surface area contributed by atoms with Gasteiger partial charge in [-0.1, -0.05) is 32.9 Å². The van der Waals surface area contributed by atoms with Crippen molar-refractivity contribution in [3.05, 3.63) is 46.9 Å². The third-order valence-corrected chi connectivity index (χ3v) is 5.58. The minimum absolute atomic E-state index is 0.0211. The van der Waals surface area contributed by atoms with Crippen LogP contribution in [0.15, 0.2) is 30.5 Å². The smallest absolute Gasteiger partial charge is 0.317 e. The Hall–Kier alpha value is -2.14. The number of aryl methyl sites for hydroxylation is 1. The number of rotatable bonds is 3. The standard InChI is InChI=1S/C21H27ClN4O/c1-14-11-15(18-7-9-23-19(22)25-18)5-6-16(14)12-24-20(27)26-10-8-17(13-26)21(2,3)4/h5-7,9,11,17H,8,10,12-13H2,1-4H3,(H,24,27). The highest BCUT2D eigenvalue weighted by Gasteiger charge is 2.33. The van der Waals surface area contributed by atoms with Crippen molar-refractivity contribution in [2.75, 3.05) is 13.1 Å². The van der Waals surface area contributed by atoms with Crippen molar-refractivity contribution in [3.8, 4) is 11.3 Å². The summed E-state index contributed by atoms with van der Waals surface area (Å²) in [5, 5.41) is 3.30. The number of hydrogen-bond donors (Lipinski definition) is 1. The molecular formula is C21H27ClN4O. The zero-order valence-corrected chi connectivity index (χ0v) is 17.2. The Morgan fingerprint density at radius 1 is 1.33 bits per heavy atom. The number of nitrogens with zero attached hydrogens (tertiary/aromatic N) is 3. The van der Waals surface area contributed by atoms with Gasteiger partial charge in [-0.15, -0.1) is 0 Å². The molecule has 1 aliphatic rings. The van der Waals surface area contributed by atoms with Gasteiger partial charge in [0.25, 0.3) is 0 Å². The number of likely N-dealkylation sites (tertiary alicyclic amines) is 1. The van der Waals surface area contributed by atoms with Crippen molar-refractivity contribution in [2.45, 2.75) is 40.7 Å². The van der Waals surface area contributed by atoms with E-state index in [4.69, 9.17) is 11.6 Å². The first-order valence-electron chi connectivity index (χ1n) is 9.35. The molecule has 1 aromatic heterocycles. The number of urea groups is 1. The van der Waals surface area contributed by atoms with E-state index < -0.39 is 0 Å². The molecule has 0 aliphatic carbocycles. The molecule has 6 heteroatoms. The van der Waals surface area contributed by atoms with Gasteiger partial charge in [0.05, 0.1) is 5.69 Å². The Kier molecular flexibility index (Phi) is 5.70. The first-order valence-corrected chi connectivity index (χ1v) is 9.73. The quantitative estimate of drug-likeness (QED) is 0.779. The van der Waals surface area contributed by atoms with Crippen molar-refractivity contribution in [1.29, 1.82) is 0 Å². The van der Waals surface area contributed by atoms with Gasteiger partial charge >= 0.3 is 6.03 Å². The van der Waals surface area contributed by atoms with E-state index in [0.717, 1.165) is 41.9 Å².